The van der Waals surface area contributed by atoms with Crippen LogP contribution in [0.25, 0.3) is 10.9 Å². The summed E-state index contributed by atoms with van der Waals surface area (Å²) in [7, 11) is 0. The zero-order valence-electron chi connectivity index (χ0n) is 12.7. The van der Waals surface area contributed by atoms with Crippen LogP contribution < -0.4 is 0 Å². The van der Waals surface area contributed by atoms with Crippen LogP contribution in [-0.2, 0) is 4.74 Å². The second-order valence-electron chi connectivity index (χ2n) is 5.08. The van der Waals surface area contributed by atoms with Gasteiger partial charge in [-0.15, -0.1) is 0 Å². The highest BCUT2D eigenvalue weighted by molar-refractivity contribution is 6.07. The minimum atomic E-state index is -0.511. The van der Waals surface area contributed by atoms with Crippen molar-refractivity contribution >= 4 is 22.8 Å². The number of benzene rings is 2. The van der Waals surface area contributed by atoms with Crippen LogP contribution in [0.4, 0.5) is 0 Å². The third kappa shape index (κ3) is 2.85. The summed E-state index contributed by atoms with van der Waals surface area (Å²) in [4.78, 5) is 24.8. The first-order valence-electron chi connectivity index (χ1n) is 7.47. The van der Waals surface area contributed by atoms with Crippen LogP contribution in [-0.4, -0.2) is 28.3 Å². The average Bonchev–Trinajstić information content (AvgIpc) is 2.99. The third-order valence-corrected chi connectivity index (χ3v) is 3.43. The molecule has 2 aromatic carbocycles. The number of aromatic nitrogens is 2. The van der Waals surface area contributed by atoms with Crippen LogP contribution in [0.15, 0.2) is 54.6 Å². The molecule has 0 N–H and O–H groups in total. The number of ether oxygens (including phenoxy) is 1. The van der Waals surface area contributed by atoms with Gasteiger partial charge in [0.05, 0.1) is 12.1 Å². The molecule has 0 saturated carbocycles. The third-order valence-electron chi connectivity index (χ3n) is 3.43. The fourth-order valence-electron chi connectivity index (χ4n) is 2.34. The Kier molecular flexibility index (Phi) is 4.19. The molecule has 5 heteroatoms. The fraction of sp³-hybridized carbons (Fsp3) is 0.167. The molecule has 0 amide bonds. The number of para-hydroxylation sites is 1. The lowest BCUT2D eigenvalue weighted by Crippen LogP contribution is -2.15. The molecular formula is C18H16N2O3. The molecular weight excluding hydrogens is 292 g/mol. The van der Waals surface area contributed by atoms with E-state index in [0.29, 0.717) is 23.1 Å². The molecule has 23 heavy (non-hydrogen) atoms. The van der Waals surface area contributed by atoms with Gasteiger partial charge in [0.1, 0.15) is 0 Å². The predicted octanol–water partition coefficient (Wildman–Crippen LogP) is 3.29. The highest BCUT2D eigenvalue weighted by atomic mass is 16.5. The van der Waals surface area contributed by atoms with Crippen molar-refractivity contribution in [1.29, 1.82) is 0 Å². The van der Waals surface area contributed by atoms with E-state index in [1.165, 1.54) is 4.68 Å². The Bertz CT molecular complexity index is 853. The van der Waals surface area contributed by atoms with Gasteiger partial charge in [-0.25, -0.2) is 4.79 Å². The Morgan fingerprint density at radius 1 is 1.04 bits per heavy atom. The summed E-state index contributed by atoms with van der Waals surface area (Å²) in [5.41, 5.74) is 1.26. The SMILES string of the molecule is CCCOC(=O)c1nn(C(=O)c2ccccc2)c2ccccc12. The van der Waals surface area contributed by atoms with Gasteiger partial charge in [0.15, 0.2) is 5.69 Å². The minimum Gasteiger partial charge on any atom is -0.461 e. The predicted molar refractivity (Wildman–Crippen MR) is 86.5 cm³/mol. The lowest BCUT2D eigenvalue weighted by Gasteiger charge is -2.01. The summed E-state index contributed by atoms with van der Waals surface area (Å²) in [6.45, 7) is 2.25. The van der Waals surface area contributed by atoms with Crippen molar-refractivity contribution in [2.24, 2.45) is 0 Å². The van der Waals surface area contributed by atoms with Crippen molar-refractivity contribution in [3.63, 3.8) is 0 Å². The number of carbonyl (C=O) groups is 2. The van der Waals surface area contributed by atoms with Crippen LogP contribution in [0.1, 0.15) is 34.2 Å². The summed E-state index contributed by atoms with van der Waals surface area (Å²) in [6, 6.07) is 16.0. The number of rotatable bonds is 4. The van der Waals surface area contributed by atoms with Gasteiger partial charge in [0.2, 0.25) is 0 Å². The van der Waals surface area contributed by atoms with E-state index in [1.54, 1.807) is 48.5 Å². The molecule has 0 unspecified atom stereocenters. The summed E-state index contributed by atoms with van der Waals surface area (Å²) >= 11 is 0. The van der Waals surface area contributed by atoms with E-state index in [2.05, 4.69) is 5.10 Å². The Balaban J connectivity index is 2.08. The van der Waals surface area contributed by atoms with Gasteiger partial charge in [-0.05, 0) is 24.6 Å². The van der Waals surface area contributed by atoms with Gasteiger partial charge < -0.3 is 4.74 Å². The van der Waals surface area contributed by atoms with Crippen molar-refractivity contribution in [2.45, 2.75) is 13.3 Å². The smallest absolute Gasteiger partial charge is 0.359 e. The Hall–Kier alpha value is -2.95. The monoisotopic (exact) mass is 308 g/mol. The lowest BCUT2D eigenvalue weighted by molar-refractivity contribution is 0.0499. The van der Waals surface area contributed by atoms with Crippen molar-refractivity contribution in [2.75, 3.05) is 6.61 Å². The first kappa shape index (κ1) is 15.0. The molecule has 5 nitrogen and oxygen atoms in total. The standard InChI is InChI=1S/C18H16N2O3/c1-2-12-23-18(22)16-14-10-6-7-11-15(14)20(19-16)17(21)13-8-4-3-5-9-13/h3-11H,2,12H2,1H3. The van der Waals surface area contributed by atoms with E-state index in [4.69, 9.17) is 4.74 Å². The molecule has 1 heterocycles. The molecule has 0 fully saturated rings. The maximum Gasteiger partial charge on any atom is 0.359 e. The van der Waals surface area contributed by atoms with E-state index < -0.39 is 5.97 Å². The number of esters is 1. The Morgan fingerprint density at radius 2 is 1.74 bits per heavy atom. The van der Waals surface area contributed by atoms with E-state index in [1.807, 2.05) is 13.0 Å². The highest BCUT2D eigenvalue weighted by Crippen LogP contribution is 2.20. The van der Waals surface area contributed by atoms with E-state index in [0.717, 1.165) is 6.42 Å². The number of fused-ring (bicyclic) bond motifs is 1. The topological polar surface area (TPSA) is 61.2 Å². The second kappa shape index (κ2) is 6.44. The van der Waals surface area contributed by atoms with Crippen molar-refractivity contribution in [3.8, 4) is 0 Å². The summed E-state index contributed by atoms with van der Waals surface area (Å²) in [6.07, 6.45) is 0.729. The van der Waals surface area contributed by atoms with Crippen molar-refractivity contribution in [3.05, 3.63) is 65.9 Å². The van der Waals surface area contributed by atoms with Gasteiger partial charge in [-0.3, -0.25) is 4.79 Å². The quantitative estimate of drug-likeness (QED) is 0.694. The zero-order valence-corrected chi connectivity index (χ0v) is 12.7. The largest absolute Gasteiger partial charge is 0.461 e. The van der Waals surface area contributed by atoms with Gasteiger partial charge in [-0.1, -0.05) is 43.3 Å². The molecule has 3 aromatic rings. The van der Waals surface area contributed by atoms with Crippen molar-refractivity contribution in [1.82, 2.24) is 9.78 Å². The van der Waals surface area contributed by atoms with E-state index in [9.17, 15) is 9.59 Å². The van der Waals surface area contributed by atoms with Gasteiger partial charge >= 0.3 is 5.97 Å². The number of hydrogen-bond donors (Lipinski definition) is 0. The maximum absolute atomic E-state index is 12.7. The van der Waals surface area contributed by atoms with Crippen molar-refractivity contribution < 1.29 is 14.3 Å². The molecule has 0 saturated heterocycles. The van der Waals surface area contributed by atoms with Gasteiger partial charge in [-0.2, -0.15) is 9.78 Å². The van der Waals surface area contributed by atoms with Crippen LogP contribution in [0.3, 0.4) is 0 Å². The average molecular weight is 308 g/mol. The number of hydrogen-bond acceptors (Lipinski definition) is 4. The second-order valence-corrected chi connectivity index (χ2v) is 5.08. The summed E-state index contributed by atoms with van der Waals surface area (Å²) in [5, 5.41) is 4.82. The van der Waals surface area contributed by atoms with E-state index >= 15 is 0 Å². The first-order chi connectivity index (χ1) is 11.2. The maximum atomic E-state index is 12.7. The number of carbonyl (C=O) groups excluding carboxylic acids is 2. The first-order valence-corrected chi connectivity index (χ1v) is 7.47. The van der Waals surface area contributed by atoms with Crippen LogP contribution in [0, 0.1) is 0 Å². The zero-order chi connectivity index (χ0) is 16.2. The Labute approximate surface area is 133 Å². The minimum absolute atomic E-state index is 0.165. The van der Waals surface area contributed by atoms with Gasteiger partial charge in [0.25, 0.3) is 5.91 Å². The van der Waals surface area contributed by atoms with Crippen LogP contribution >= 0.6 is 0 Å². The molecule has 0 bridgehead atoms. The normalized spacial score (nSPS) is 10.7. The number of nitrogens with zero attached hydrogens (tertiary/aromatic N) is 2. The molecule has 0 aliphatic carbocycles. The molecule has 3 rings (SSSR count). The lowest BCUT2D eigenvalue weighted by atomic mass is 10.2. The summed E-state index contributed by atoms with van der Waals surface area (Å²) in [5.74, 6) is -0.793. The fourth-order valence-corrected chi connectivity index (χ4v) is 2.34. The molecule has 1 aromatic heterocycles. The van der Waals surface area contributed by atoms with Crippen LogP contribution in [0.5, 0.6) is 0 Å². The van der Waals surface area contributed by atoms with E-state index in [-0.39, 0.29) is 11.6 Å². The molecule has 116 valence electrons. The molecule has 0 radical (unpaired) electrons. The van der Waals surface area contributed by atoms with Gasteiger partial charge in [0, 0.05) is 10.9 Å². The molecule has 0 aliphatic heterocycles. The Morgan fingerprint density at radius 3 is 2.48 bits per heavy atom. The molecule has 0 aliphatic rings. The highest BCUT2D eigenvalue weighted by Gasteiger charge is 2.21. The molecule has 0 spiro atoms. The molecule has 0 atom stereocenters. The summed E-state index contributed by atoms with van der Waals surface area (Å²) < 4.78 is 6.42. The van der Waals surface area contributed by atoms with Crippen LogP contribution in [0.2, 0.25) is 0 Å².